The van der Waals surface area contributed by atoms with E-state index >= 15 is 0 Å². The lowest BCUT2D eigenvalue weighted by Gasteiger charge is -2.24. The first kappa shape index (κ1) is 71.5. The van der Waals surface area contributed by atoms with Crippen LogP contribution in [-0.2, 0) is 32.7 Å². The van der Waals surface area contributed by atoms with Gasteiger partial charge in [0.15, 0.2) is 6.10 Å². The van der Waals surface area contributed by atoms with Crippen LogP contribution in [0.3, 0.4) is 0 Å². The number of rotatable bonds is 56. The predicted octanol–water partition coefficient (Wildman–Crippen LogP) is 19.3. The molecule has 0 saturated heterocycles. The van der Waals surface area contributed by atoms with E-state index in [1.807, 2.05) is 21.1 Å². The number of esters is 2. The molecule has 0 heterocycles. The molecular formula is C64H117NO8P+. The third-order valence-corrected chi connectivity index (χ3v) is 14.2. The van der Waals surface area contributed by atoms with Crippen LogP contribution in [0.25, 0.3) is 0 Å². The topological polar surface area (TPSA) is 108 Å². The summed E-state index contributed by atoms with van der Waals surface area (Å²) in [7, 11) is 1.48. The summed E-state index contributed by atoms with van der Waals surface area (Å²) in [4.78, 5) is 35.7. The van der Waals surface area contributed by atoms with Crippen LogP contribution in [-0.4, -0.2) is 74.9 Å². The number of phosphoric ester groups is 1. The first-order valence-corrected chi connectivity index (χ1v) is 32.2. The highest BCUT2D eigenvalue weighted by atomic mass is 31.2. The molecular weight excluding hydrogens is 942 g/mol. The minimum Gasteiger partial charge on any atom is -0.462 e. The number of allylic oxidation sites excluding steroid dienone is 12. The molecule has 0 aromatic carbocycles. The number of ether oxygens (including phenoxy) is 2. The zero-order valence-electron chi connectivity index (χ0n) is 48.8. The molecule has 0 aromatic heterocycles. The molecule has 9 nitrogen and oxygen atoms in total. The zero-order valence-corrected chi connectivity index (χ0v) is 49.7. The molecule has 2 unspecified atom stereocenters. The molecule has 0 aliphatic rings. The Morgan fingerprint density at radius 1 is 0.432 bits per heavy atom. The highest BCUT2D eigenvalue weighted by Crippen LogP contribution is 2.43. The highest BCUT2D eigenvalue weighted by molar-refractivity contribution is 7.47. The van der Waals surface area contributed by atoms with Gasteiger partial charge in [0, 0.05) is 12.8 Å². The van der Waals surface area contributed by atoms with Crippen LogP contribution in [0.4, 0.5) is 0 Å². The number of unbranched alkanes of at least 4 members (excludes halogenated alkanes) is 30. The van der Waals surface area contributed by atoms with Crippen molar-refractivity contribution in [3.05, 3.63) is 72.9 Å². The lowest BCUT2D eigenvalue weighted by Crippen LogP contribution is -2.37. The Kier molecular flexibility index (Phi) is 53.3. The van der Waals surface area contributed by atoms with Gasteiger partial charge in [-0.25, -0.2) is 4.57 Å². The van der Waals surface area contributed by atoms with Crippen molar-refractivity contribution in [1.82, 2.24) is 0 Å². The maximum Gasteiger partial charge on any atom is 0.472 e. The number of hydrogen-bond donors (Lipinski definition) is 1. The summed E-state index contributed by atoms with van der Waals surface area (Å²) in [6, 6.07) is 0. The quantitative estimate of drug-likeness (QED) is 0.0211. The summed E-state index contributed by atoms with van der Waals surface area (Å²) in [6.07, 6.45) is 72.7. The summed E-state index contributed by atoms with van der Waals surface area (Å²) in [5.74, 6) is -0.787. The van der Waals surface area contributed by atoms with E-state index in [1.165, 1.54) is 167 Å². The van der Waals surface area contributed by atoms with Crippen molar-refractivity contribution in [2.45, 2.75) is 277 Å². The average Bonchev–Trinajstić information content (AvgIpc) is 3.36. The first-order chi connectivity index (χ1) is 36.0. The van der Waals surface area contributed by atoms with Gasteiger partial charge in [0.05, 0.1) is 27.7 Å². The third-order valence-electron chi connectivity index (χ3n) is 13.3. The number of nitrogens with zero attached hydrogens (tertiary/aromatic N) is 1. The fourth-order valence-corrected chi connectivity index (χ4v) is 9.29. The van der Waals surface area contributed by atoms with Crippen LogP contribution in [0.15, 0.2) is 72.9 Å². The predicted molar refractivity (Wildman–Crippen MR) is 316 cm³/mol. The molecule has 0 saturated carbocycles. The van der Waals surface area contributed by atoms with E-state index in [9.17, 15) is 19.0 Å². The lowest BCUT2D eigenvalue weighted by molar-refractivity contribution is -0.870. The van der Waals surface area contributed by atoms with E-state index in [2.05, 4.69) is 86.8 Å². The summed E-state index contributed by atoms with van der Waals surface area (Å²) in [6.45, 7) is 4.35. The Bertz CT molecular complexity index is 1480. The van der Waals surface area contributed by atoms with Gasteiger partial charge in [0.25, 0.3) is 0 Å². The van der Waals surface area contributed by atoms with Crippen molar-refractivity contribution in [3.8, 4) is 0 Å². The molecule has 1 N–H and O–H groups in total. The second kappa shape index (κ2) is 55.2. The standard InChI is InChI=1S/C64H116NO8P/c1-6-8-10-12-14-16-18-20-22-23-24-25-26-27-28-29-30-31-32-33-34-35-36-37-38-39-40-41-43-45-47-49-51-53-55-57-64(67)73-62(61-72-74(68,69)71-59-58-65(3,4)5)60-70-63(66)56-54-52-50-48-46-44-42-21-19-17-15-13-11-9-7-2/h8,10,14,16,20,22,24-25,27-28,30-31,62H,6-7,9,11-13,15,17-19,21,23,26,29,32-61H2,1-5H3/p+1/b10-8-,16-14-,22-20-,25-24-,28-27-,31-30-. The van der Waals surface area contributed by atoms with E-state index in [0.717, 1.165) is 70.6 Å². The van der Waals surface area contributed by atoms with Gasteiger partial charge in [-0.05, 0) is 64.2 Å². The van der Waals surface area contributed by atoms with Gasteiger partial charge in [-0.2, -0.15) is 0 Å². The molecule has 0 radical (unpaired) electrons. The molecule has 0 amide bonds. The minimum absolute atomic E-state index is 0.0322. The summed E-state index contributed by atoms with van der Waals surface area (Å²) in [5.41, 5.74) is 0. The fourth-order valence-electron chi connectivity index (χ4n) is 8.55. The van der Waals surface area contributed by atoms with Crippen LogP contribution in [0.5, 0.6) is 0 Å². The van der Waals surface area contributed by atoms with Gasteiger partial charge in [0.1, 0.15) is 19.8 Å². The number of quaternary nitrogens is 1. The smallest absolute Gasteiger partial charge is 0.462 e. The minimum atomic E-state index is -4.38. The number of hydrogen-bond acceptors (Lipinski definition) is 7. The van der Waals surface area contributed by atoms with Crippen molar-refractivity contribution in [1.29, 1.82) is 0 Å². The van der Waals surface area contributed by atoms with E-state index < -0.39 is 26.5 Å². The van der Waals surface area contributed by atoms with E-state index in [4.69, 9.17) is 18.5 Å². The maximum absolute atomic E-state index is 12.8. The van der Waals surface area contributed by atoms with Crippen molar-refractivity contribution in [2.24, 2.45) is 0 Å². The van der Waals surface area contributed by atoms with Gasteiger partial charge in [-0.3, -0.25) is 18.6 Å². The van der Waals surface area contributed by atoms with Gasteiger partial charge in [0.2, 0.25) is 0 Å². The second-order valence-electron chi connectivity index (χ2n) is 21.7. The van der Waals surface area contributed by atoms with Crippen molar-refractivity contribution in [3.63, 3.8) is 0 Å². The highest BCUT2D eigenvalue weighted by Gasteiger charge is 2.27. The molecule has 0 aliphatic carbocycles. The van der Waals surface area contributed by atoms with Crippen molar-refractivity contribution >= 4 is 19.8 Å². The molecule has 0 aliphatic heterocycles. The van der Waals surface area contributed by atoms with Crippen LogP contribution in [0.1, 0.15) is 271 Å². The Morgan fingerprint density at radius 2 is 0.770 bits per heavy atom. The summed E-state index contributed by atoms with van der Waals surface area (Å²) < 4.78 is 34.6. The molecule has 0 bridgehead atoms. The molecule has 0 fully saturated rings. The Balaban J connectivity index is 4.02. The van der Waals surface area contributed by atoms with Crippen LogP contribution < -0.4 is 0 Å². The third kappa shape index (κ3) is 58.7. The zero-order chi connectivity index (χ0) is 54.2. The van der Waals surface area contributed by atoms with Gasteiger partial charge in [-0.15, -0.1) is 0 Å². The van der Waals surface area contributed by atoms with Crippen molar-refractivity contribution in [2.75, 3.05) is 47.5 Å². The molecule has 0 spiro atoms. The summed E-state index contributed by atoms with van der Waals surface area (Å²) >= 11 is 0. The average molecular weight is 1060 g/mol. The van der Waals surface area contributed by atoms with E-state index in [1.54, 1.807) is 0 Å². The second-order valence-corrected chi connectivity index (χ2v) is 23.2. The van der Waals surface area contributed by atoms with Gasteiger partial charge in [-0.1, -0.05) is 267 Å². The fraction of sp³-hybridized carbons (Fsp3) is 0.781. The van der Waals surface area contributed by atoms with Crippen molar-refractivity contribution < 1.29 is 42.1 Å². The normalized spacial score (nSPS) is 13.8. The lowest BCUT2D eigenvalue weighted by atomic mass is 10.0. The number of likely N-dealkylation sites (N-methyl/N-ethyl adjacent to an activating group) is 1. The van der Waals surface area contributed by atoms with Crippen LogP contribution in [0, 0.1) is 0 Å². The molecule has 430 valence electrons. The largest absolute Gasteiger partial charge is 0.472 e. The van der Waals surface area contributed by atoms with Gasteiger partial charge >= 0.3 is 19.8 Å². The Morgan fingerprint density at radius 3 is 1.15 bits per heavy atom. The first-order valence-electron chi connectivity index (χ1n) is 30.7. The van der Waals surface area contributed by atoms with Crippen LogP contribution >= 0.6 is 7.82 Å². The molecule has 10 heteroatoms. The number of carbonyl (C=O) groups excluding carboxylic acids is 2. The van der Waals surface area contributed by atoms with E-state index in [0.29, 0.717) is 23.9 Å². The molecule has 74 heavy (non-hydrogen) atoms. The molecule has 2 atom stereocenters. The number of carbonyl (C=O) groups is 2. The van der Waals surface area contributed by atoms with Crippen LogP contribution in [0.2, 0.25) is 0 Å². The summed E-state index contributed by atoms with van der Waals surface area (Å²) in [5, 5.41) is 0. The maximum atomic E-state index is 12.8. The Labute approximate surface area is 457 Å². The SMILES string of the molecule is CC/C=C\C/C=C\C/C=C\C/C=C\C/C=C\C/C=C\CCCCCCCCCCCCCCCCCCC(=O)OC(COC(=O)CCCCCCCCCCCCCCCCC)COP(=O)(O)OCC[N+](C)(C)C. The molecule has 0 rings (SSSR count). The monoisotopic (exact) mass is 1060 g/mol. The van der Waals surface area contributed by atoms with Gasteiger partial charge < -0.3 is 18.9 Å². The number of phosphoric acid groups is 1. The van der Waals surface area contributed by atoms with E-state index in [-0.39, 0.29) is 25.6 Å². The Hall–Kier alpha value is -2.55. The molecule has 0 aromatic rings.